The first-order valence-electron chi connectivity index (χ1n) is 9.41. The lowest BCUT2D eigenvalue weighted by atomic mass is 9.93. The van der Waals surface area contributed by atoms with E-state index in [2.05, 4.69) is 15.3 Å². The first kappa shape index (κ1) is 21.9. The number of carbonyl (C=O) groups is 1. The van der Waals surface area contributed by atoms with Gasteiger partial charge in [-0.15, -0.1) is 23.7 Å². The molecule has 8 heteroatoms. The zero-order valence-corrected chi connectivity index (χ0v) is 17.9. The van der Waals surface area contributed by atoms with Crippen LogP contribution in [0.5, 0.6) is 0 Å². The molecule has 0 unspecified atom stereocenters. The van der Waals surface area contributed by atoms with Crippen molar-refractivity contribution in [1.29, 1.82) is 0 Å². The average molecular weight is 413 g/mol. The highest BCUT2D eigenvalue weighted by Gasteiger charge is 2.22. The van der Waals surface area contributed by atoms with Crippen LogP contribution in [-0.2, 0) is 11.2 Å². The molecule has 3 heterocycles. The second-order valence-electron chi connectivity index (χ2n) is 7.19. The minimum atomic E-state index is -0.0929. The number of aromatic nitrogens is 2. The molecule has 1 saturated heterocycles. The second kappa shape index (κ2) is 9.66. The molecule has 0 saturated carbocycles. The molecule has 0 aliphatic carbocycles. The molecule has 1 fully saturated rings. The van der Waals surface area contributed by atoms with Crippen LogP contribution in [0.4, 0.5) is 0 Å². The maximum Gasteiger partial charge on any atom is 0.259 e. The highest BCUT2D eigenvalue weighted by molar-refractivity contribution is 7.18. The van der Waals surface area contributed by atoms with Crippen molar-refractivity contribution in [2.75, 3.05) is 26.7 Å². The van der Waals surface area contributed by atoms with E-state index < -0.39 is 0 Å². The molecule has 1 aliphatic rings. The summed E-state index contributed by atoms with van der Waals surface area (Å²) in [6.07, 6.45) is 4.24. The summed E-state index contributed by atoms with van der Waals surface area (Å²) in [5.74, 6) is 1.50. The molecule has 2 N–H and O–H groups in total. The van der Waals surface area contributed by atoms with E-state index in [0.717, 1.165) is 53.7 Å². The Kier molecular flexibility index (Phi) is 7.82. The smallest absolute Gasteiger partial charge is 0.259 e. The number of carbonyl (C=O) groups excluding carboxylic acids is 1. The summed E-state index contributed by atoms with van der Waals surface area (Å²) in [7, 11) is 1.98. The molecular formula is C19H29ClN4O2S. The van der Waals surface area contributed by atoms with E-state index in [0.29, 0.717) is 24.1 Å². The van der Waals surface area contributed by atoms with Crippen LogP contribution in [-0.4, -0.2) is 47.5 Å². The molecule has 2 aromatic rings. The third-order valence-electron chi connectivity index (χ3n) is 5.43. The second-order valence-corrected chi connectivity index (χ2v) is 8.40. The van der Waals surface area contributed by atoms with Gasteiger partial charge in [0.15, 0.2) is 0 Å². The Hall–Kier alpha value is -1.44. The van der Waals surface area contributed by atoms with Gasteiger partial charge < -0.3 is 15.2 Å². The van der Waals surface area contributed by atoms with Crippen molar-refractivity contribution in [3.05, 3.63) is 26.6 Å². The van der Waals surface area contributed by atoms with Crippen molar-refractivity contribution in [1.82, 2.24) is 20.2 Å². The molecule has 0 spiro atoms. The number of halogens is 1. The van der Waals surface area contributed by atoms with Crippen LogP contribution in [0.25, 0.3) is 10.2 Å². The standard InChI is InChI=1S/C19H28N4O2S.ClH/c1-12-13(2)26-19-17(12)18(25)21-15(22-19)4-5-16(24)23-10-7-14(8-11-23)6-9-20-3;/h14,20H,4-11H2,1-3H3,(H,21,22,25);1H. The molecule has 2 aromatic heterocycles. The van der Waals surface area contributed by atoms with Gasteiger partial charge in [-0.25, -0.2) is 4.98 Å². The topological polar surface area (TPSA) is 78.1 Å². The van der Waals surface area contributed by atoms with Gasteiger partial charge in [0.05, 0.1) is 5.39 Å². The molecule has 3 rings (SSSR count). The molecule has 0 atom stereocenters. The SMILES string of the molecule is CNCCC1CCN(C(=O)CCc2nc3sc(C)c(C)c3c(=O)[nH]2)CC1.Cl. The third-order valence-corrected chi connectivity index (χ3v) is 6.53. The first-order chi connectivity index (χ1) is 12.5. The fraction of sp³-hybridized carbons (Fsp3) is 0.632. The molecule has 1 aliphatic heterocycles. The lowest BCUT2D eigenvalue weighted by Gasteiger charge is -2.32. The van der Waals surface area contributed by atoms with E-state index in [4.69, 9.17) is 0 Å². The van der Waals surface area contributed by atoms with Crippen molar-refractivity contribution >= 4 is 39.9 Å². The monoisotopic (exact) mass is 412 g/mol. The number of aryl methyl sites for hydroxylation is 3. The van der Waals surface area contributed by atoms with Crippen LogP contribution in [0.2, 0.25) is 0 Å². The van der Waals surface area contributed by atoms with Crippen LogP contribution in [0, 0.1) is 19.8 Å². The van der Waals surface area contributed by atoms with Gasteiger partial charge in [0, 0.05) is 30.8 Å². The van der Waals surface area contributed by atoms with Gasteiger partial charge in [0.1, 0.15) is 10.7 Å². The van der Waals surface area contributed by atoms with Crippen molar-refractivity contribution in [2.24, 2.45) is 5.92 Å². The number of piperidine rings is 1. The van der Waals surface area contributed by atoms with E-state index in [1.165, 1.54) is 6.42 Å². The Morgan fingerprint density at radius 3 is 2.70 bits per heavy atom. The summed E-state index contributed by atoms with van der Waals surface area (Å²) >= 11 is 1.54. The summed E-state index contributed by atoms with van der Waals surface area (Å²) in [5, 5.41) is 3.88. The van der Waals surface area contributed by atoms with Gasteiger partial charge in [-0.05, 0) is 58.2 Å². The van der Waals surface area contributed by atoms with Crippen molar-refractivity contribution in [3.8, 4) is 0 Å². The van der Waals surface area contributed by atoms with Crippen LogP contribution in [0.1, 0.15) is 41.9 Å². The van der Waals surface area contributed by atoms with Gasteiger partial charge in [-0.1, -0.05) is 0 Å². The zero-order valence-electron chi connectivity index (χ0n) is 16.3. The summed E-state index contributed by atoms with van der Waals surface area (Å²) in [5.41, 5.74) is 0.909. The number of nitrogens with one attached hydrogen (secondary N) is 2. The third kappa shape index (κ3) is 5.09. The van der Waals surface area contributed by atoms with Crippen LogP contribution < -0.4 is 10.9 Å². The number of fused-ring (bicyclic) bond motifs is 1. The number of likely N-dealkylation sites (tertiary alicyclic amines) is 1. The Bertz CT molecular complexity index is 840. The molecule has 150 valence electrons. The predicted molar refractivity (Wildman–Crippen MR) is 113 cm³/mol. The van der Waals surface area contributed by atoms with Crippen LogP contribution >= 0.6 is 23.7 Å². The summed E-state index contributed by atoms with van der Waals surface area (Å²) in [6, 6.07) is 0. The van der Waals surface area contributed by atoms with E-state index in [9.17, 15) is 9.59 Å². The number of hydrogen-bond donors (Lipinski definition) is 2. The van der Waals surface area contributed by atoms with Gasteiger partial charge in [-0.2, -0.15) is 0 Å². The lowest BCUT2D eigenvalue weighted by molar-refractivity contribution is -0.132. The molecule has 0 bridgehead atoms. The Labute approximate surface area is 170 Å². The highest BCUT2D eigenvalue weighted by Crippen LogP contribution is 2.26. The van der Waals surface area contributed by atoms with Crippen LogP contribution in [0.15, 0.2) is 4.79 Å². The maximum atomic E-state index is 12.5. The van der Waals surface area contributed by atoms with Crippen molar-refractivity contribution in [3.63, 3.8) is 0 Å². The maximum absolute atomic E-state index is 12.5. The van der Waals surface area contributed by atoms with Gasteiger partial charge in [0.25, 0.3) is 5.56 Å². The normalized spacial score (nSPS) is 15.1. The molecule has 27 heavy (non-hydrogen) atoms. The van der Waals surface area contributed by atoms with E-state index in [1.54, 1.807) is 11.3 Å². The Morgan fingerprint density at radius 1 is 1.33 bits per heavy atom. The predicted octanol–water partition coefficient (Wildman–Crippen LogP) is 2.80. The summed E-state index contributed by atoms with van der Waals surface area (Å²) in [4.78, 5) is 36.1. The minimum absolute atomic E-state index is 0. The largest absolute Gasteiger partial charge is 0.343 e. The molecule has 1 amide bonds. The quantitative estimate of drug-likeness (QED) is 0.764. The summed E-state index contributed by atoms with van der Waals surface area (Å²) < 4.78 is 0. The Balaban J connectivity index is 0.00000261. The van der Waals surface area contributed by atoms with E-state index in [1.807, 2.05) is 25.8 Å². The highest BCUT2D eigenvalue weighted by atomic mass is 35.5. The summed E-state index contributed by atoms with van der Waals surface area (Å²) in [6.45, 7) is 6.69. The number of amides is 1. The molecule has 0 radical (unpaired) electrons. The number of H-pyrrole nitrogens is 1. The number of hydrogen-bond acceptors (Lipinski definition) is 5. The lowest BCUT2D eigenvalue weighted by Crippen LogP contribution is -2.39. The number of aromatic amines is 1. The fourth-order valence-corrected chi connectivity index (χ4v) is 4.67. The number of rotatable bonds is 6. The van der Waals surface area contributed by atoms with E-state index in [-0.39, 0.29) is 23.9 Å². The number of thiophene rings is 1. The minimum Gasteiger partial charge on any atom is -0.343 e. The average Bonchev–Trinajstić information content (AvgIpc) is 2.92. The zero-order chi connectivity index (χ0) is 18.7. The van der Waals surface area contributed by atoms with Crippen molar-refractivity contribution in [2.45, 2.75) is 46.0 Å². The first-order valence-corrected chi connectivity index (χ1v) is 10.2. The fourth-order valence-electron chi connectivity index (χ4n) is 3.62. The molecule has 0 aromatic carbocycles. The van der Waals surface area contributed by atoms with Gasteiger partial charge in [0.2, 0.25) is 5.91 Å². The van der Waals surface area contributed by atoms with Gasteiger partial charge >= 0.3 is 0 Å². The van der Waals surface area contributed by atoms with E-state index >= 15 is 0 Å². The van der Waals surface area contributed by atoms with Crippen molar-refractivity contribution < 1.29 is 4.79 Å². The van der Waals surface area contributed by atoms with Crippen LogP contribution in [0.3, 0.4) is 0 Å². The number of nitrogens with zero attached hydrogens (tertiary/aromatic N) is 2. The Morgan fingerprint density at radius 2 is 2.04 bits per heavy atom. The van der Waals surface area contributed by atoms with Gasteiger partial charge in [-0.3, -0.25) is 9.59 Å². The molecular weight excluding hydrogens is 384 g/mol. The molecule has 6 nitrogen and oxygen atoms in total.